The van der Waals surface area contributed by atoms with E-state index in [0.717, 1.165) is 17.9 Å². The van der Waals surface area contributed by atoms with Crippen molar-refractivity contribution < 1.29 is 9.53 Å². The Morgan fingerprint density at radius 3 is 2.68 bits per heavy atom. The second kappa shape index (κ2) is 8.87. The van der Waals surface area contributed by atoms with E-state index in [1.54, 1.807) is 24.1 Å². The van der Waals surface area contributed by atoms with Crippen LogP contribution in [0.5, 0.6) is 5.75 Å². The molecule has 2 atom stereocenters. The molecule has 0 unspecified atom stereocenters. The van der Waals surface area contributed by atoms with E-state index in [2.05, 4.69) is 39.8 Å². The Hall–Kier alpha value is -2.88. The summed E-state index contributed by atoms with van der Waals surface area (Å²) in [5.74, 6) is 1.29. The Balaban J connectivity index is 1.70. The molecule has 0 saturated heterocycles. The van der Waals surface area contributed by atoms with Crippen molar-refractivity contribution in [1.82, 2.24) is 30.0 Å². The lowest BCUT2D eigenvalue weighted by atomic mass is 10.3. The minimum atomic E-state index is -0.400. The Morgan fingerprint density at radius 2 is 2.00 bits per heavy atom. The molecular formula is C18H23N7O2S. The van der Waals surface area contributed by atoms with Crippen LogP contribution in [0.1, 0.15) is 33.2 Å². The predicted octanol–water partition coefficient (Wildman–Crippen LogP) is 2.96. The van der Waals surface area contributed by atoms with Crippen LogP contribution < -0.4 is 10.1 Å². The zero-order valence-corrected chi connectivity index (χ0v) is 17.1. The second-order valence-electron chi connectivity index (χ2n) is 6.24. The molecule has 3 aromatic rings. The van der Waals surface area contributed by atoms with Crippen molar-refractivity contribution in [2.45, 2.75) is 43.6 Å². The highest BCUT2D eigenvalue weighted by molar-refractivity contribution is 8.00. The Bertz CT molecular complexity index is 922. The van der Waals surface area contributed by atoms with Crippen molar-refractivity contribution in [3.63, 3.8) is 0 Å². The summed E-state index contributed by atoms with van der Waals surface area (Å²) in [5, 5.41) is 19.2. The number of aromatic nitrogens is 6. The van der Waals surface area contributed by atoms with Crippen LogP contribution in [-0.2, 0) is 4.79 Å². The molecule has 1 aromatic carbocycles. The summed E-state index contributed by atoms with van der Waals surface area (Å²) in [4.78, 5) is 12.7. The number of methoxy groups -OCH3 is 1. The van der Waals surface area contributed by atoms with E-state index in [0.29, 0.717) is 11.0 Å². The predicted molar refractivity (Wildman–Crippen MR) is 107 cm³/mol. The SMILES string of the molecule is CC[C@@H](C)n1nccc1NC(=O)[C@@H](C)Sc1nnnn1-c1ccc(OC)cc1. The summed E-state index contributed by atoms with van der Waals surface area (Å²) in [5.41, 5.74) is 0.788. The summed E-state index contributed by atoms with van der Waals surface area (Å²) in [6.45, 7) is 5.95. The van der Waals surface area contributed by atoms with Gasteiger partial charge in [-0.2, -0.15) is 9.78 Å². The van der Waals surface area contributed by atoms with Crippen LogP contribution in [0, 0.1) is 0 Å². The molecule has 0 aliphatic carbocycles. The Kier molecular flexibility index (Phi) is 6.30. The van der Waals surface area contributed by atoms with Gasteiger partial charge in [-0.3, -0.25) is 4.79 Å². The number of hydrogen-bond acceptors (Lipinski definition) is 7. The van der Waals surface area contributed by atoms with Crippen LogP contribution in [0.15, 0.2) is 41.7 Å². The molecule has 2 heterocycles. The summed E-state index contributed by atoms with van der Waals surface area (Å²) < 4.78 is 8.58. The molecule has 0 radical (unpaired) electrons. The molecule has 10 heteroatoms. The maximum Gasteiger partial charge on any atom is 0.238 e. The molecule has 1 N–H and O–H groups in total. The largest absolute Gasteiger partial charge is 0.497 e. The number of amides is 1. The minimum Gasteiger partial charge on any atom is -0.497 e. The van der Waals surface area contributed by atoms with Gasteiger partial charge in [-0.25, -0.2) is 4.68 Å². The van der Waals surface area contributed by atoms with Gasteiger partial charge in [0, 0.05) is 6.07 Å². The van der Waals surface area contributed by atoms with E-state index >= 15 is 0 Å². The number of nitrogens with one attached hydrogen (secondary N) is 1. The van der Waals surface area contributed by atoms with Gasteiger partial charge in [-0.05, 0) is 55.0 Å². The molecule has 0 aliphatic rings. The van der Waals surface area contributed by atoms with Crippen LogP contribution in [-0.4, -0.2) is 48.3 Å². The maximum atomic E-state index is 12.7. The smallest absolute Gasteiger partial charge is 0.238 e. The average Bonchev–Trinajstić information content (AvgIpc) is 3.37. The summed E-state index contributed by atoms with van der Waals surface area (Å²) in [6, 6.07) is 9.37. The van der Waals surface area contributed by atoms with Gasteiger partial charge >= 0.3 is 0 Å². The van der Waals surface area contributed by atoms with Crippen LogP contribution in [0.2, 0.25) is 0 Å². The van der Waals surface area contributed by atoms with Gasteiger partial charge in [0.15, 0.2) is 0 Å². The lowest BCUT2D eigenvalue weighted by Crippen LogP contribution is -2.25. The fraction of sp³-hybridized carbons (Fsp3) is 0.389. The molecule has 0 aliphatic heterocycles. The third-order valence-corrected chi connectivity index (χ3v) is 5.37. The van der Waals surface area contributed by atoms with E-state index in [-0.39, 0.29) is 11.9 Å². The van der Waals surface area contributed by atoms with Crippen LogP contribution in [0.25, 0.3) is 5.69 Å². The lowest BCUT2D eigenvalue weighted by Gasteiger charge is -2.16. The highest BCUT2D eigenvalue weighted by Crippen LogP contribution is 2.25. The van der Waals surface area contributed by atoms with Gasteiger partial charge in [0.2, 0.25) is 11.1 Å². The number of rotatable bonds is 8. The standard InChI is InChI=1S/C18H23N7O2S/c1-5-12(2)24-16(10-11-19-24)20-17(26)13(3)28-18-21-22-23-25(18)14-6-8-15(27-4)9-7-14/h6-13H,5H2,1-4H3,(H,20,26)/t12-,13-/m1/s1. The normalized spacial score (nSPS) is 13.1. The first-order valence-electron chi connectivity index (χ1n) is 8.97. The third-order valence-electron chi connectivity index (χ3n) is 4.34. The van der Waals surface area contributed by atoms with Gasteiger partial charge in [-0.1, -0.05) is 18.7 Å². The van der Waals surface area contributed by atoms with Crippen molar-refractivity contribution in [2.75, 3.05) is 12.4 Å². The van der Waals surface area contributed by atoms with Gasteiger partial charge < -0.3 is 10.1 Å². The Morgan fingerprint density at radius 1 is 1.25 bits per heavy atom. The summed E-state index contributed by atoms with van der Waals surface area (Å²) in [6.07, 6.45) is 2.61. The van der Waals surface area contributed by atoms with Gasteiger partial charge in [0.05, 0.1) is 30.3 Å². The molecule has 3 rings (SSSR count). The highest BCUT2D eigenvalue weighted by atomic mass is 32.2. The molecule has 0 saturated carbocycles. The fourth-order valence-corrected chi connectivity index (χ4v) is 3.32. The fourth-order valence-electron chi connectivity index (χ4n) is 2.51. The minimum absolute atomic E-state index is 0.140. The summed E-state index contributed by atoms with van der Waals surface area (Å²) >= 11 is 1.29. The zero-order chi connectivity index (χ0) is 20.1. The topological polar surface area (TPSA) is 99.8 Å². The van der Waals surface area contributed by atoms with E-state index in [4.69, 9.17) is 4.74 Å². The van der Waals surface area contributed by atoms with Gasteiger partial charge in [-0.15, -0.1) is 5.10 Å². The monoisotopic (exact) mass is 401 g/mol. The quantitative estimate of drug-likeness (QED) is 0.579. The Labute approximate surface area is 167 Å². The number of hydrogen-bond donors (Lipinski definition) is 1. The highest BCUT2D eigenvalue weighted by Gasteiger charge is 2.21. The molecule has 0 fully saturated rings. The zero-order valence-electron chi connectivity index (χ0n) is 16.2. The number of nitrogens with zero attached hydrogens (tertiary/aromatic N) is 6. The number of thioether (sulfide) groups is 1. The van der Waals surface area contributed by atoms with Crippen molar-refractivity contribution in [2.24, 2.45) is 0 Å². The van der Waals surface area contributed by atoms with Crippen molar-refractivity contribution in [3.05, 3.63) is 36.5 Å². The van der Waals surface area contributed by atoms with Crippen molar-refractivity contribution in [1.29, 1.82) is 0 Å². The molecule has 28 heavy (non-hydrogen) atoms. The number of tetrazole rings is 1. The first kappa shape index (κ1) is 19.9. The van der Waals surface area contributed by atoms with Crippen LogP contribution >= 0.6 is 11.8 Å². The number of ether oxygens (including phenoxy) is 1. The molecule has 2 aromatic heterocycles. The lowest BCUT2D eigenvalue weighted by molar-refractivity contribution is -0.115. The van der Waals surface area contributed by atoms with Crippen molar-refractivity contribution >= 4 is 23.5 Å². The third kappa shape index (κ3) is 4.33. The van der Waals surface area contributed by atoms with E-state index in [9.17, 15) is 4.79 Å². The number of carbonyl (C=O) groups is 1. The first-order chi connectivity index (χ1) is 13.5. The van der Waals surface area contributed by atoms with E-state index in [1.807, 2.05) is 35.9 Å². The molecule has 148 valence electrons. The van der Waals surface area contributed by atoms with Crippen molar-refractivity contribution in [3.8, 4) is 11.4 Å². The van der Waals surface area contributed by atoms with Gasteiger partial charge in [0.25, 0.3) is 0 Å². The van der Waals surface area contributed by atoms with Crippen LogP contribution in [0.4, 0.5) is 5.82 Å². The van der Waals surface area contributed by atoms with E-state index < -0.39 is 5.25 Å². The molecule has 0 bridgehead atoms. The molecular weight excluding hydrogens is 378 g/mol. The molecule has 0 spiro atoms. The number of benzene rings is 1. The maximum absolute atomic E-state index is 12.7. The average molecular weight is 401 g/mol. The number of carbonyl (C=O) groups excluding carboxylic acids is 1. The van der Waals surface area contributed by atoms with E-state index in [1.165, 1.54) is 11.8 Å². The number of anilines is 1. The summed E-state index contributed by atoms with van der Waals surface area (Å²) in [7, 11) is 1.61. The molecule has 1 amide bonds. The second-order valence-corrected chi connectivity index (χ2v) is 7.55. The van der Waals surface area contributed by atoms with Crippen LogP contribution in [0.3, 0.4) is 0 Å². The first-order valence-corrected chi connectivity index (χ1v) is 9.85. The van der Waals surface area contributed by atoms with Gasteiger partial charge in [0.1, 0.15) is 11.6 Å². The molecule has 9 nitrogen and oxygen atoms in total.